The maximum absolute atomic E-state index is 13.4. The van der Waals surface area contributed by atoms with E-state index in [0.29, 0.717) is 6.04 Å². The number of aliphatic imine (C=N–C) groups is 1. The second kappa shape index (κ2) is 11.9. The van der Waals surface area contributed by atoms with Crippen molar-refractivity contribution in [2.75, 3.05) is 31.6 Å². The summed E-state index contributed by atoms with van der Waals surface area (Å²) in [7, 11) is 1.77. The number of halogens is 3. The summed E-state index contributed by atoms with van der Waals surface area (Å²) in [6.07, 6.45) is 3.68. The van der Waals surface area contributed by atoms with Gasteiger partial charge in [-0.3, -0.25) is 4.99 Å². The van der Waals surface area contributed by atoms with Gasteiger partial charge in [0.25, 0.3) is 0 Å². The van der Waals surface area contributed by atoms with Gasteiger partial charge in [-0.1, -0.05) is 18.2 Å². The summed E-state index contributed by atoms with van der Waals surface area (Å²) in [5.74, 6) is 0.413. The van der Waals surface area contributed by atoms with E-state index in [2.05, 4.69) is 20.5 Å². The second-order valence-electron chi connectivity index (χ2n) is 7.12. The van der Waals surface area contributed by atoms with E-state index in [4.69, 9.17) is 0 Å². The number of nitrogens with one attached hydrogen (secondary N) is 2. The van der Waals surface area contributed by atoms with E-state index in [-0.39, 0.29) is 35.6 Å². The van der Waals surface area contributed by atoms with E-state index in [9.17, 15) is 8.78 Å². The lowest BCUT2D eigenvalue weighted by Crippen LogP contribution is -2.49. The van der Waals surface area contributed by atoms with Gasteiger partial charge in [0.05, 0.1) is 0 Å². The number of guanidine groups is 1. The van der Waals surface area contributed by atoms with Crippen LogP contribution in [0.3, 0.4) is 0 Å². The monoisotopic (exact) mass is 514 g/mol. The van der Waals surface area contributed by atoms with Crippen LogP contribution >= 0.6 is 24.0 Å². The highest BCUT2D eigenvalue weighted by molar-refractivity contribution is 14.0. The summed E-state index contributed by atoms with van der Waals surface area (Å²) in [6, 6.07) is 13.9. The molecule has 0 spiro atoms. The maximum atomic E-state index is 13.4. The summed E-state index contributed by atoms with van der Waals surface area (Å²) < 4.78 is 26.6. The molecule has 1 saturated heterocycles. The smallest absolute Gasteiger partial charge is 0.191 e. The Kier molecular flexibility index (Phi) is 9.63. The topological polar surface area (TPSA) is 39.7 Å². The van der Waals surface area contributed by atoms with E-state index in [1.807, 2.05) is 12.1 Å². The fourth-order valence-corrected chi connectivity index (χ4v) is 3.53. The molecule has 2 aromatic rings. The van der Waals surface area contributed by atoms with E-state index in [0.717, 1.165) is 62.5 Å². The number of hydrogen-bond acceptors (Lipinski definition) is 2. The van der Waals surface area contributed by atoms with Crippen LogP contribution in [0.5, 0.6) is 0 Å². The number of piperidine rings is 1. The highest BCUT2D eigenvalue weighted by Gasteiger charge is 2.20. The molecule has 29 heavy (non-hydrogen) atoms. The lowest BCUT2D eigenvalue weighted by atomic mass is 10.0. The Hall–Kier alpha value is -1.90. The van der Waals surface area contributed by atoms with Gasteiger partial charge >= 0.3 is 0 Å². The summed E-state index contributed by atoms with van der Waals surface area (Å²) in [5.41, 5.74) is 1.95. The molecule has 158 valence electrons. The van der Waals surface area contributed by atoms with Crippen LogP contribution in [0.1, 0.15) is 24.8 Å². The molecular formula is C22H29F2IN4. The van der Waals surface area contributed by atoms with Crippen LogP contribution in [0.15, 0.2) is 53.5 Å². The van der Waals surface area contributed by atoms with Crippen molar-refractivity contribution in [2.45, 2.75) is 31.7 Å². The summed E-state index contributed by atoms with van der Waals surface area (Å²) in [4.78, 5) is 6.52. The number of anilines is 1. The zero-order valence-corrected chi connectivity index (χ0v) is 19.0. The van der Waals surface area contributed by atoms with Crippen molar-refractivity contribution in [3.05, 3.63) is 65.7 Å². The Balaban J connectivity index is 0.00000300. The third-order valence-corrected chi connectivity index (χ3v) is 5.06. The van der Waals surface area contributed by atoms with E-state index >= 15 is 0 Å². The summed E-state index contributed by atoms with van der Waals surface area (Å²) in [6.45, 7) is 2.55. The molecule has 7 heteroatoms. The zero-order chi connectivity index (χ0) is 19.8. The van der Waals surface area contributed by atoms with Crippen LogP contribution < -0.4 is 15.5 Å². The van der Waals surface area contributed by atoms with Crippen molar-refractivity contribution in [1.82, 2.24) is 10.6 Å². The first-order valence-corrected chi connectivity index (χ1v) is 9.86. The van der Waals surface area contributed by atoms with Gasteiger partial charge in [0, 0.05) is 38.4 Å². The van der Waals surface area contributed by atoms with Crippen LogP contribution in [0.2, 0.25) is 0 Å². The van der Waals surface area contributed by atoms with Crippen molar-refractivity contribution in [1.29, 1.82) is 0 Å². The van der Waals surface area contributed by atoms with Crippen molar-refractivity contribution < 1.29 is 8.78 Å². The third kappa shape index (κ3) is 7.45. The molecule has 0 aromatic heterocycles. The molecular weight excluding hydrogens is 485 g/mol. The zero-order valence-electron chi connectivity index (χ0n) is 16.7. The Bertz CT molecular complexity index is 792. The predicted molar refractivity (Wildman–Crippen MR) is 126 cm³/mol. The van der Waals surface area contributed by atoms with Gasteiger partial charge < -0.3 is 15.5 Å². The number of benzene rings is 2. The molecule has 1 heterocycles. The third-order valence-electron chi connectivity index (χ3n) is 5.06. The first-order chi connectivity index (χ1) is 13.6. The van der Waals surface area contributed by atoms with E-state index < -0.39 is 0 Å². The van der Waals surface area contributed by atoms with Gasteiger partial charge in [-0.25, -0.2) is 8.78 Å². The Morgan fingerprint density at radius 2 is 1.76 bits per heavy atom. The minimum atomic E-state index is -0.194. The van der Waals surface area contributed by atoms with Crippen LogP contribution in [-0.2, 0) is 6.42 Å². The number of aryl methyl sites for hydroxylation is 1. The Labute approximate surface area is 188 Å². The van der Waals surface area contributed by atoms with Crippen LogP contribution in [0.25, 0.3) is 0 Å². The quantitative estimate of drug-likeness (QED) is 0.261. The lowest BCUT2D eigenvalue weighted by Gasteiger charge is -2.34. The molecule has 4 nitrogen and oxygen atoms in total. The fraction of sp³-hybridized carbons (Fsp3) is 0.409. The lowest BCUT2D eigenvalue weighted by molar-refractivity contribution is 0.461. The molecule has 2 N–H and O–H groups in total. The molecule has 1 aliphatic heterocycles. The van der Waals surface area contributed by atoms with Crippen molar-refractivity contribution in [2.24, 2.45) is 4.99 Å². The highest BCUT2D eigenvalue weighted by Crippen LogP contribution is 2.20. The predicted octanol–water partition coefficient (Wildman–Crippen LogP) is 4.35. The Morgan fingerprint density at radius 3 is 2.41 bits per heavy atom. The van der Waals surface area contributed by atoms with Crippen LogP contribution in [-0.4, -0.2) is 38.7 Å². The molecule has 0 bridgehead atoms. The molecule has 0 aliphatic carbocycles. The summed E-state index contributed by atoms with van der Waals surface area (Å²) >= 11 is 0. The van der Waals surface area contributed by atoms with E-state index in [1.165, 1.54) is 12.1 Å². The van der Waals surface area contributed by atoms with Crippen LogP contribution in [0, 0.1) is 11.6 Å². The average molecular weight is 514 g/mol. The minimum Gasteiger partial charge on any atom is -0.371 e. The average Bonchev–Trinajstić information content (AvgIpc) is 2.71. The largest absolute Gasteiger partial charge is 0.371 e. The number of nitrogens with zero attached hydrogens (tertiary/aromatic N) is 2. The first-order valence-electron chi connectivity index (χ1n) is 9.86. The standard InChI is InChI=1S/C22H28F2N4.HI/c1-25-22(26-12-4-6-17-5-2-7-18(23)15-17)27-20-10-13-28(14-11-20)21-9-3-8-19(24)16-21;/h2-3,5,7-9,15-16,20H,4,6,10-14H2,1H3,(H2,25,26,27);1H. The molecule has 1 fully saturated rings. The second-order valence-corrected chi connectivity index (χ2v) is 7.12. The molecule has 2 aromatic carbocycles. The molecule has 0 unspecified atom stereocenters. The molecule has 0 radical (unpaired) electrons. The molecule has 0 atom stereocenters. The highest BCUT2D eigenvalue weighted by atomic mass is 127. The van der Waals surface area contributed by atoms with Gasteiger partial charge in [0.2, 0.25) is 0 Å². The van der Waals surface area contributed by atoms with Gasteiger partial charge in [-0.15, -0.1) is 24.0 Å². The fourth-order valence-electron chi connectivity index (χ4n) is 3.53. The Morgan fingerprint density at radius 1 is 1.07 bits per heavy atom. The van der Waals surface area contributed by atoms with Gasteiger partial charge in [0.1, 0.15) is 11.6 Å². The van der Waals surface area contributed by atoms with Gasteiger partial charge in [-0.2, -0.15) is 0 Å². The molecule has 3 rings (SSSR count). The van der Waals surface area contributed by atoms with Crippen molar-refractivity contribution in [3.63, 3.8) is 0 Å². The van der Waals surface area contributed by atoms with Crippen LogP contribution in [0.4, 0.5) is 14.5 Å². The summed E-state index contributed by atoms with van der Waals surface area (Å²) in [5, 5.41) is 6.81. The number of hydrogen-bond donors (Lipinski definition) is 2. The van der Waals surface area contributed by atoms with Gasteiger partial charge in [-0.05, 0) is 61.6 Å². The molecule has 0 saturated carbocycles. The van der Waals surface area contributed by atoms with Crippen molar-refractivity contribution >= 4 is 35.6 Å². The number of rotatable bonds is 6. The van der Waals surface area contributed by atoms with Crippen molar-refractivity contribution in [3.8, 4) is 0 Å². The SMILES string of the molecule is CN=C(NCCCc1cccc(F)c1)NC1CCN(c2cccc(F)c2)CC1.I. The normalized spacial score (nSPS) is 15.0. The van der Waals surface area contributed by atoms with E-state index in [1.54, 1.807) is 31.3 Å². The minimum absolute atomic E-state index is 0. The molecule has 0 amide bonds. The molecule has 1 aliphatic rings. The van der Waals surface area contributed by atoms with Gasteiger partial charge in [0.15, 0.2) is 5.96 Å². The first kappa shape index (κ1) is 23.4. The maximum Gasteiger partial charge on any atom is 0.191 e.